The Morgan fingerprint density at radius 1 is 0.947 bits per heavy atom. The molecule has 0 saturated carbocycles. The molecule has 0 unspecified atom stereocenters. The van der Waals surface area contributed by atoms with Crippen molar-refractivity contribution in [3.05, 3.63) is 60.2 Å². The van der Waals surface area contributed by atoms with E-state index >= 15 is 0 Å². The van der Waals surface area contributed by atoms with Gasteiger partial charge in [0.2, 0.25) is 0 Å². The van der Waals surface area contributed by atoms with Gasteiger partial charge in [-0.15, -0.1) is 0 Å². The summed E-state index contributed by atoms with van der Waals surface area (Å²) in [5.74, 6) is -1.88. The molecular formula is C15H16O4. The van der Waals surface area contributed by atoms with Crippen LogP contribution in [0, 0.1) is 0 Å². The van der Waals surface area contributed by atoms with Crippen molar-refractivity contribution in [1.29, 1.82) is 0 Å². The van der Waals surface area contributed by atoms with Gasteiger partial charge in [0.25, 0.3) is 0 Å². The molecule has 2 N–H and O–H groups in total. The summed E-state index contributed by atoms with van der Waals surface area (Å²) < 4.78 is 0. The number of carbonyl (C=O) groups is 2. The maximum atomic E-state index is 10.4. The molecule has 100 valence electrons. The number of rotatable bonds is 7. The molecular weight excluding hydrogens is 244 g/mol. The van der Waals surface area contributed by atoms with Gasteiger partial charge in [0.05, 0.1) is 0 Å². The standard InChI is InChI=1S/C15H16O4/c16-14(17)10-4-8-13(9-5-11-15(18)19)12-6-2-1-3-7-12/h1-7,10-11,13H,8-9H2,(H,16,17)(H,18,19). The zero-order chi connectivity index (χ0) is 14.1. The van der Waals surface area contributed by atoms with Gasteiger partial charge in [0.1, 0.15) is 0 Å². The van der Waals surface area contributed by atoms with Gasteiger partial charge in [-0.05, 0) is 24.3 Å². The fraction of sp³-hybridized carbons (Fsp3) is 0.200. The second-order valence-corrected chi connectivity index (χ2v) is 4.06. The van der Waals surface area contributed by atoms with Crippen LogP contribution in [-0.2, 0) is 9.59 Å². The second-order valence-electron chi connectivity index (χ2n) is 4.06. The van der Waals surface area contributed by atoms with E-state index in [0.717, 1.165) is 17.7 Å². The maximum absolute atomic E-state index is 10.4. The molecule has 1 rings (SSSR count). The van der Waals surface area contributed by atoms with Crippen molar-refractivity contribution in [2.24, 2.45) is 0 Å². The Morgan fingerprint density at radius 3 is 1.84 bits per heavy atom. The highest BCUT2D eigenvalue weighted by molar-refractivity contribution is 5.80. The first-order chi connectivity index (χ1) is 9.09. The van der Waals surface area contributed by atoms with Gasteiger partial charge >= 0.3 is 11.9 Å². The number of hydrogen-bond acceptors (Lipinski definition) is 2. The van der Waals surface area contributed by atoms with Crippen molar-refractivity contribution in [2.75, 3.05) is 0 Å². The van der Waals surface area contributed by atoms with Crippen molar-refractivity contribution in [3.63, 3.8) is 0 Å². The van der Waals surface area contributed by atoms with Gasteiger partial charge in [0, 0.05) is 12.2 Å². The third-order valence-electron chi connectivity index (χ3n) is 2.63. The predicted octanol–water partition coefficient (Wildman–Crippen LogP) is 2.83. The third-order valence-corrected chi connectivity index (χ3v) is 2.63. The number of carboxylic acid groups (broad SMARTS) is 2. The molecule has 0 heterocycles. The summed E-state index contributed by atoms with van der Waals surface area (Å²) in [7, 11) is 0. The number of allylic oxidation sites excluding steroid dienone is 2. The first-order valence-electron chi connectivity index (χ1n) is 5.93. The smallest absolute Gasteiger partial charge is 0.327 e. The molecule has 0 spiro atoms. The highest BCUT2D eigenvalue weighted by Crippen LogP contribution is 2.24. The van der Waals surface area contributed by atoms with E-state index in [4.69, 9.17) is 10.2 Å². The SMILES string of the molecule is O=C(O)C=CCC(CC=CC(=O)O)c1ccccc1. The van der Waals surface area contributed by atoms with Crippen LogP contribution < -0.4 is 0 Å². The zero-order valence-corrected chi connectivity index (χ0v) is 10.4. The van der Waals surface area contributed by atoms with Crippen LogP contribution in [0.15, 0.2) is 54.6 Å². The van der Waals surface area contributed by atoms with E-state index < -0.39 is 11.9 Å². The molecule has 0 amide bonds. The first kappa shape index (κ1) is 14.7. The van der Waals surface area contributed by atoms with Crippen LogP contribution in [-0.4, -0.2) is 22.2 Å². The molecule has 0 aliphatic carbocycles. The van der Waals surface area contributed by atoms with Crippen molar-refractivity contribution in [1.82, 2.24) is 0 Å². The minimum atomic E-state index is -0.979. The first-order valence-corrected chi connectivity index (χ1v) is 5.93. The molecule has 4 nitrogen and oxygen atoms in total. The molecule has 0 aromatic heterocycles. The molecule has 19 heavy (non-hydrogen) atoms. The summed E-state index contributed by atoms with van der Waals surface area (Å²) in [6.45, 7) is 0. The highest BCUT2D eigenvalue weighted by atomic mass is 16.4. The molecule has 0 saturated heterocycles. The van der Waals surface area contributed by atoms with Gasteiger partial charge < -0.3 is 10.2 Å². The number of aliphatic carboxylic acids is 2. The van der Waals surface area contributed by atoms with Crippen LogP contribution in [0.25, 0.3) is 0 Å². The van der Waals surface area contributed by atoms with Crippen LogP contribution in [0.1, 0.15) is 24.3 Å². The number of carboxylic acids is 2. The third kappa shape index (κ3) is 6.21. The summed E-state index contributed by atoms with van der Waals surface area (Å²) in [6.07, 6.45) is 6.51. The predicted molar refractivity (Wildman–Crippen MR) is 72.0 cm³/mol. The molecule has 4 heteroatoms. The van der Waals surface area contributed by atoms with Crippen molar-refractivity contribution >= 4 is 11.9 Å². The molecule has 1 aromatic rings. The molecule has 0 radical (unpaired) electrons. The molecule has 0 fully saturated rings. The van der Waals surface area contributed by atoms with E-state index in [1.807, 2.05) is 30.3 Å². The average Bonchev–Trinajstić information content (AvgIpc) is 2.37. The van der Waals surface area contributed by atoms with Crippen molar-refractivity contribution in [2.45, 2.75) is 18.8 Å². The van der Waals surface area contributed by atoms with E-state index in [1.165, 1.54) is 0 Å². The van der Waals surface area contributed by atoms with Gasteiger partial charge in [-0.1, -0.05) is 42.5 Å². The average molecular weight is 260 g/mol. The quantitative estimate of drug-likeness (QED) is 0.739. The van der Waals surface area contributed by atoms with Crippen LogP contribution >= 0.6 is 0 Å². The molecule has 1 aromatic carbocycles. The largest absolute Gasteiger partial charge is 0.478 e. The lowest BCUT2D eigenvalue weighted by atomic mass is 9.92. The zero-order valence-electron chi connectivity index (χ0n) is 10.4. The van der Waals surface area contributed by atoms with Crippen LogP contribution in [0.4, 0.5) is 0 Å². The topological polar surface area (TPSA) is 74.6 Å². The lowest BCUT2D eigenvalue weighted by molar-refractivity contribution is -0.132. The van der Waals surface area contributed by atoms with Crippen molar-refractivity contribution < 1.29 is 19.8 Å². The fourth-order valence-corrected chi connectivity index (χ4v) is 1.76. The lowest BCUT2D eigenvalue weighted by Crippen LogP contribution is -1.97. The van der Waals surface area contributed by atoms with Crippen molar-refractivity contribution in [3.8, 4) is 0 Å². The highest BCUT2D eigenvalue weighted by Gasteiger charge is 2.08. The van der Waals surface area contributed by atoms with Crippen LogP contribution in [0.2, 0.25) is 0 Å². The summed E-state index contributed by atoms with van der Waals surface area (Å²) in [6, 6.07) is 9.62. The molecule has 0 aliphatic rings. The fourth-order valence-electron chi connectivity index (χ4n) is 1.76. The Balaban J connectivity index is 2.73. The van der Waals surface area contributed by atoms with Gasteiger partial charge in [0.15, 0.2) is 0 Å². The Morgan fingerprint density at radius 2 is 1.42 bits per heavy atom. The summed E-state index contributed by atoms with van der Waals surface area (Å²) >= 11 is 0. The van der Waals surface area contributed by atoms with E-state index in [2.05, 4.69) is 0 Å². The van der Waals surface area contributed by atoms with Crippen LogP contribution in [0.5, 0.6) is 0 Å². The van der Waals surface area contributed by atoms with E-state index in [9.17, 15) is 9.59 Å². The summed E-state index contributed by atoms with van der Waals surface area (Å²) in [5, 5.41) is 17.1. The van der Waals surface area contributed by atoms with E-state index in [0.29, 0.717) is 12.8 Å². The molecule has 0 aliphatic heterocycles. The minimum absolute atomic E-state index is 0.0763. The summed E-state index contributed by atoms with van der Waals surface area (Å²) in [4.78, 5) is 20.9. The van der Waals surface area contributed by atoms with E-state index in [1.54, 1.807) is 12.2 Å². The lowest BCUT2D eigenvalue weighted by Gasteiger charge is -2.13. The van der Waals surface area contributed by atoms with Gasteiger partial charge in [-0.25, -0.2) is 9.59 Å². The number of hydrogen-bond donors (Lipinski definition) is 2. The Hall–Kier alpha value is -2.36. The van der Waals surface area contributed by atoms with Gasteiger partial charge in [-0.2, -0.15) is 0 Å². The molecule has 0 atom stereocenters. The maximum Gasteiger partial charge on any atom is 0.327 e. The Kier molecular flexibility index (Phi) is 6.09. The van der Waals surface area contributed by atoms with Crippen LogP contribution in [0.3, 0.4) is 0 Å². The minimum Gasteiger partial charge on any atom is -0.478 e. The molecule has 0 bridgehead atoms. The van der Waals surface area contributed by atoms with Gasteiger partial charge in [-0.3, -0.25) is 0 Å². The monoisotopic (exact) mass is 260 g/mol. The number of benzene rings is 1. The Bertz CT molecular complexity index is 448. The summed E-state index contributed by atoms with van der Waals surface area (Å²) in [5.41, 5.74) is 1.06. The Labute approximate surface area is 111 Å². The van der Waals surface area contributed by atoms with E-state index in [-0.39, 0.29) is 5.92 Å². The second kappa shape index (κ2) is 7.87. The normalized spacial score (nSPS) is 12.8.